The Balaban J connectivity index is 3.12. The van der Waals surface area contributed by atoms with Gasteiger partial charge in [0, 0.05) is 14.8 Å². The molecule has 1 aromatic rings. The van der Waals surface area contributed by atoms with Crippen LogP contribution in [0.3, 0.4) is 0 Å². The van der Waals surface area contributed by atoms with E-state index < -0.39 is 0 Å². The molecule has 0 bridgehead atoms. The number of carbonyl (C=O) groups is 1. The first-order valence-electron chi connectivity index (χ1n) is 3.41. The van der Waals surface area contributed by atoms with Gasteiger partial charge in [0.25, 0.3) is 0 Å². The first kappa shape index (κ1) is 9.25. The Morgan fingerprint density at radius 3 is 2.75 bits per heavy atom. The van der Waals surface area contributed by atoms with Crippen molar-refractivity contribution in [3.05, 3.63) is 33.4 Å². The third kappa shape index (κ3) is 2.07. The molecule has 0 heterocycles. The molecule has 0 aliphatic carbocycles. The van der Waals surface area contributed by atoms with Crippen LogP contribution in [0.1, 0.15) is 5.56 Å². The molecule has 62 valence electrons. The van der Waals surface area contributed by atoms with E-state index in [-0.39, 0.29) is 0 Å². The second kappa shape index (κ2) is 4.25. The Bertz CT molecular complexity index is 300. The van der Waals surface area contributed by atoms with Gasteiger partial charge in [0.05, 0.1) is 0 Å². The summed E-state index contributed by atoms with van der Waals surface area (Å²) in [6.45, 7) is 0. The molecule has 0 unspecified atom stereocenters. The predicted octanol–water partition coefficient (Wildman–Crippen LogP) is 2.09. The van der Waals surface area contributed by atoms with Crippen LogP contribution in [0.2, 0.25) is 0 Å². The lowest BCUT2D eigenvalue weighted by Crippen LogP contribution is -1.91. The summed E-state index contributed by atoms with van der Waals surface area (Å²) in [6, 6.07) is 5.64. The molecule has 1 aromatic carbocycles. The van der Waals surface area contributed by atoms with Crippen LogP contribution in [-0.2, 0) is 4.79 Å². The number of aldehydes is 1. The average molecular weight is 273 g/mol. The highest BCUT2D eigenvalue weighted by atomic mass is 127. The van der Waals surface area contributed by atoms with Gasteiger partial charge in [-0.1, -0.05) is 6.07 Å². The number of hydrogen-bond donors (Lipinski definition) is 1. The third-order valence-corrected chi connectivity index (χ3v) is 2.37. The van der Waals surface area contributed by atoms with Gasteiger partial charge in [-0.2, -0.15) is 0 Å². The fraction of sp³-hybridized carbons (Fsp3) is 0. The number of nitrogen functional groups attached to an aromatic ring is 1. The highest BCUT2D eigenvalue weighted by Crippen LogP contribution is 2.19. The standard InChI is InChI=1S/C9H8INO/c10-8-4-1-5-9(11)7(8)3-2-6-12/h1-6H,11H2/b3-2-. The quantitative estimate of drug-likeness (QED) is 0.388. The molecule has 2 nitrogen and oxygen atoms in total. The van der Waals surface area contributed by atoms with Gasteiger partial charge in [-0.25, -0.2) is 0 Å². The minimum atomic E-state index is 0.694. The summed E-state index contributed by atoms with van der Waals surface area (Å²) < 4.78 is 1.05. The highest BCUT2D eigenvalue weighted by Gasteiger charge is 1.98. The molecular weight excluding hydrogens is 265 g/mol. The van der Waals surface area contributed by atoms with Crippen molar-refractivity contribution in [1.82, 2.24) is 0 Å². The van der Waals surface area contributed by atoms with Crippen molar-refractivity contribution < 1.29 is 4.79 Å². The number of rotatable bonds is 2. The first-order chi connectivity index (χ1) is 5.75. The van der Waals surface area contributed by atoms with E-state index in [0.29, 0.717) is 5.69 Å². The smallest absolute Gasteiger partial charge is 0.142 e. The highest BCUT2D eigenvalue weighted by molar-refractivity contribution is 14.1. The van der Waals surface area contributed by atoms with E-state index in [1.165, 1.54) is 6.08 Å². The largest absolute Gasteiger partial charge is 0.398 e. The molecular formula is C9H8INO. The van der Waals surface area contributed by atoms with Gasteiger partial charge < -0.3 is 5.73 Å². The zero-order valence-corrected chi connectivity index (χ0v) is 8.49. The second-order valence-electron chi connectivity index (χ2n) is 2.24. The molecule has 0 amide bonds. The van der Waals surface area contributed by atoms with E-state index >= 15 is 0 Å². The maximum Gasteiger partial charge on any atom is 0.142 e. The lowest BCUT2D eigenvalue weighted by atomic mass is 10.2. The second-order valence-corrected chi connectivity index (χ2v) is 3.40. The summed E-state index contributed by atoms with van der Waals surface area (Å²) in [4.78, 5) is 10.1. The predicted molar refractivity (Wildman–Crippen MR) is 58.7 cm³/mol. The molecule has 0 radical (unpaired) electrons. The van der Waals surface area contributed by atoms with Crippen LogP contribution in [-0.4, -0.2) is 6.29 Å². The van der Waals surface area contributed by atoms with Crippen LogP contribution in [0.4, 0.5) is 5.69 Å². The van der Waals surface area contributed by atoms with Crippen LogP contribution in [0, 0.1) is 3.57 Å². The topological polar surface area (TPSA) is 43.1 Å². The van der Waals surface area contributed by atoms with E-state index in [4.69, 9.17) is 5.73 Å². The summed E-state index contributed by atoms with van der Waals surface area (Å²) in [5.74, 6) is 0. The van der Waals surface area contributed by atoms with Crippen LogP contribution in [0.5, 0.6) is 0 Å². The van der Waals surface area contributed by atoms with Gasteiger partial charge in [0.1, 0.15) is 6.29 Å². The van der Waals surface area contributed by atoms with E-state index in [0.717, 1.165) is 15.4 Å². The van der Waals surface area contributed by atoms with Gasteiger partial charge in [-0.05, 0) is 46.9 Å². The Morgan fingerprint density at radius 1 is 1.42 bits per heavy atom. The molecule has 2 N–H and O–H groups in total. The van der Waals surface area contributed by atoms with Crippen molar-refractivity contribution in [2.45, 2.75) is 0 Å². The van der Waals surface area contributed by atoms with Crippen LogP contribution in [0.25, 0.3) is 6.08 Å². The molecule has 0 atom stereocenters. The van der Waals surface area contributed by atoms with Crippen molar-refractivity contribution in [2.24, 2.45) is 0 Å². The van der Waals surface area contributed by atoms with Gasteiger partial charge in [0.15, 0.2) is 0 Å². The van der Waals surface area contributed by atoms with Crippen molar-refractivity contribution in [3.63, 3.8) is 0 Å². The van der Waals surface area contributed by atoms with Crippen molar-refractivity contribution in [2.75, 3.05) is 5.73 Å². The summed E-state index contributed by atoms with van der Waals surface area (Å²) in [5.41, 5.74) is 7.29. The zero-order chi connectivity index (χ0) is 8.97. The Hall–Kier alpha value is -0.840. The van der Waals surface area contributed by atoms with Crippen LogP contribution < -0.4 is 5.73 Å². The molecule has 0 aliphatic rings. The molecule has 1 rings (SSSR count). The zero-order valence-electron chi connectivity index (χ0n) is 6.33. The first-order valence-corrected chi connectivity index (χ1v) is 4.49. The Labute approximate surface area is 84.6 Å². The molecule has 3 heteroatoms. The fourth-order valence-electron chi connectivity index (χ4n) is 0.865. The number of nitrogens with two attached hydrogens (primary N) is 1. The van der Waals surface area contributed by atoms with Crippen LogP contribution >= 0.6 is 22.6 Å². The van der Waals surface area contributed by atoms with E-state index in [9.17, 15) is 4.79 Å². The van der Waals surface area contributed by atoms with Gasteiger partial charge >= 0.3 is 0 Å². The number of hydrogen-bond acceptors (Lipinski definition) is 2. The molecule has 0 saturated heterocycles. The minimum absolute atomic E-state index is 0.694. The fourth-order valence-corrected chi connectivity index (χ4v) is 1.56. The average Bonchev–Trinajstić information content (AvgIpc) is 2.04. The lowest BCUT2D eigenvalue weighted by molar-refractivity contribution is -0.104. The third-order valence-electron chi connectivity index (χ3n) is 1.43. The van der Waals surface area contributed by atoms with E-state index in [1.807, 2.05) is 18.2 Å². The summed E-state index contributed by atoms with van der Waals surface area (Å²) in [6.07, 6.45) is 3.89. The van der Waals surface area contributed by atoms with Crippen molar-refractivity contribution in [1.29, 1.82) is 0 Å². The number of benzene rings is 1. The minimum Gasteiger partial charge on any atom is -0.398 e. The van der Waals surface area contributed by atoms with Crippen molar-refractivity contribution in [3.8, 4) is 0 Å². The molecule has 0 saturated carbocycles. The van der Waals surface area contributed by atoms with Crippen LogP contribution in [0.15, 0.2) is 24.3 Å². The maximum atomic E-state index is 10.1. The SMILES string of the molecule is Nc1cccc(I)c1/C=C\C=O. The molecule has 12 heavy (non-hydrogen) atoms. The maximum absolute atomic E-state index is 10.1. The monoisotopic (exact) mass is 273 g/mol. The molecule has 0 fully saturated rings. The lowest BCUT2D eigenvalue weighted by Gasteiger charge is -2.01. The van der Waals surface area contributed by atoms with Gasteiger partial charge in [-0.3, -0.25) is 4.79 Å². The number of halogens is 1. The number of anilines is 1. The number of allylic oxidation sites excluding steroid dienone is 1. The van der Waals surface area contributed by atoms with Crippen molar-refractivity contribution >= 4 is 40.6 Å². The molecule has 0 aromatic heterocycles. The summed E-state index contributed by atoms with van der Waals surface area (Å²) in [7, 11) is 0. The van der Waals surface area contributed by atoms with E-state index in [2.05, 4.69) is 22.6 Å². The summed E-state index contributed by atoms with van der Waals surface area (Å²) >= 11 is 2.18. The van der Waals surface area contributed by atoms with E-state index in [1.54, 1.807) is 6.08 Å². The Kier molecular flexibility index (Phi) is 3.28. The van der Waals surface area contributed by atoms with Gasteiger partial charge in [0.2, 0.25) is 0 Å². The number of carbonyl (C=O) groups excluding carboxylic acids is 1. The normalized spacial score (nSPS) is 10.4. The molecule has 0 spiro atoms. The molecule has 0 aliphatic heterocycles. The van der Waals surface area contributed by atoms with Gasteiger partial charge in [-0.15, -0.1) is 0 Å². The summed E-state index contributed by atoms with van der Waals surface area (Å²) in [5, 5.41) is 0. The Morgan fingerprint density at radius 2 is 2.17 bits per heavy atom.